The summed E-state index contributed by atoms with van der Waals surface area (Å²) in [5, 5.41) is 11.9. The van der Waals surface area contributed by atoms with E-state index in [-0.39, 0.29) is 41.1 Å². The lowest BCUT2D eigenvalue weighted by atomic mass is 9.77. The number of nitrogens with one attached hydrogen (secondary N) is 1. The topological polar surface area (TPSA) is 141 Å². The number of rotatable bonds is 6. The SMILES string of the molecule is N#Cc1ccc(N2CCC3(CCN(c4ccc(C(=O)N5CCN(C6CCN(c7ccc8c(c7)C(=O)N(C7CCC(=O)NC7=O)C8=O)CC6)CC5)cc4F)CC3)C2)cc1Cl. The van der Waals surface area contributed by atoms with Crippen LogP contribution in [0.5, 0.6) is 0 Å². The summed E-state index contributed by atoms with van der Waals surface area (Å²) in [6.45, 7) is 7.42. The first-order valence-corrected chi connectivity index (χ1v) is 21.0. The number of nitrogens with zero attached hydrogens (tertiary/aromatic N) is 7. The fraction of sp³-hybridized carbons (Fsp3) is 0.455. The Balaban J connectivity index is 0.744. The Morgan fingerprint density at radius 3 is 2.12 bits per heavy atom. The van der Waals surface area contributed by atoms with Crippen LogP contribution in [0, 0.1) is 22.6 Å². The number of carbonyl (C=O) groups is 5. The van der Waals surface area contributed by atoms with Gasteiger partial charge in [-0.3, -0.25) is 39.1 Å². The number of anilines is 3. The third-order valence-corrected chi connectivity index (χ3v) is 13.9. The van der Waals surface area contributed by atoms with Crippen LogP contribution in [0.1, 0.15) is 81.6 Å². The molecule has 1 N–H and O–H groups in total. The second-order valence-corrected chi connectivity index (χ2v) is 17.2. The smallest absolute Gasteiger partial charge is 0.262 e. The number of carbonyl (C=O) groups excluding carboxylic acids is 5. The molecule has 59 heavy (non-hydrogen) atoms. The molecule has 5 saturated heterocycles. The quantitative estimate of drug-likeness (QED) is 0.349. The molecule has 3 aromatic carbocycles. The van der Waals surface area contributed by atoms with E-state index in [0.717, 1.165) is 101 Å². The van der Waals surface area contributed by atoms with E-state index < -0.39 is 29.7 Å². The number of benzene rings is 3. The molecule has 0 aliphatic carbocycles. The molecule has 13 nitrogen and oxygen atoms in total. The first-order chi connectivity index (χ1) is 28.5. The minimum absolute atomic E-state index is 0.0750. The van der Waals surface area contributed by atoms with Crippen molar-refractivity contribution in [2.45, 2.75) is 57.0 Å². The van der Waals surface area contributed by atoms with Crippen LogP contribution in [0.3, 0.4) is 0 Å². The van der Waals surface area contributed by atoms with Gasteiger partial charge in [0.15, 0.2) is 0 Å². The van der Waals surface area contributed by atoms with E-state index in [1.807, 2.05) is 23.1 Å². The maximum Gasteiger partial charge on any atom is 0.262 e. The average molecular weight is 821 g/mol. The van der Waals surface area contributed by atoms with Crippen LogP contribution >= 0.6 is 11.6 Å². The lowest BCUT2D eigenvalue weighted by Gasteiger charge is -2.43. The molecule has 6 aliphatic rings. The molecular weight excluding hydrogens is 775 g/mol. The van der Waals surface area contributed by atoms with E-state index in [1.54, 1.807) is 30.3 Å². The second-order valence-electron chi connectivity index (χ2n) is 16.8. The van der Waals surface area contributed by atoms with Crippen molar-refractivity contribution in [1.29, 1.82) is 5.26 Å². The number of piperazine rings is 1. The second kappa shape index (κ2) is 15.6. The molecule has 0 saturated carbocycles. The summed E-state index contributed by atoms with van der Waals surface area (Å²) >= 11 is 6.31. The Hall–Kier alpha value is -5.52. The lowest BCUT2D eigenvalue weighted by Crippen LogP contribution is -2.54. The highest BCUT2D eigenvalue weighted by atomic mass is 35.5. The molecule has 0 radical (unpaired) electrons. The van der Waals surface area contributed by atoms with Crippen LogP contribution in [0.4, 0.5) is 21.5 Å². The van der Waals surface area contributed by atoms with Gasteiger partial charge >= 0.3 is 0 Å². The van der Waals surface area contributed by atoms with E-state index in [9.17, 15) is 29.2 Å². The normalized spacial score (nSPS) is 22.6. The molecule has 306 valence electrons. The van der Waals surface area contributed by atoms with Crippen molar-refractivity contribution in [2.75, 3.05) is 80.1 Å². The molecule has 3 aromatic rings. The van der Waals surface area contributed by atoms with E-state index in [0.29, 0.717) is 41.0 Å². The average Bonchev–Trinajstić information content (AvgIpc) is 3.78. The third-order valence-electron chi connectivity index (χ3n) is 13.6. The van der Waals surface area contributed by atoms with Crippen molar-refractivity contribution < 1.29 is 28.4 Å². The van der Waals surface area contributed by atoms with Crippen molar-refractivity contribution >= 4 is 58.2 Å². The number of hydrogen-bond donors (Lipinski definition) is 1. The Morgan fingerprint density at radius 1 is 0.763 bits per heavy atom. The van der Waals surface area contributed by atoms with Gasteiger partial charge in [0.25, 0.3) is 17.7 Å². The summed E-state index contributed by atoms with van der Waals surface area (Å²) in [4.78, 5) is 76.0. The van der Waals surface area contributed by atoms with Crippen molar-refractivity contribution in [3.8, 4) is 6.07 Å². The van der Waals surface area contributed by atoms with Gasteiger partial charge in [0.1, 0.15) is 17.9 Å². The van der Waals surface area contributed by atoms with Crippen molar-refractivity contribution in [3.05, 3.63) is 87.7 Å². The molecule has 1 spiro atoms. The van der Waals surface area contributed by atoms with Crippen LogP contribution in [-0.4, -0.2) is 122 Å². The Bertz CT molecular complexity index is 2270. The summed E-state index contributed by atoms with van der Waals surface area (Å²) in [6.07, 6.45) is 4.93. The van der Waals surface area contributed by atoms with Crippen molar-refractivity contribution in [1.82, 2.24) is 20.0 Å². The number of piperidine rings is 3. The van der Waals surface area contributed by atoms with Gasteiger partial charge in [-0.25, -0.2) is 4.39 Å². The van der Waals surface area contributed by atoms with Crippen LogP contribution in [0.2, 0.25) is 5.02 Å². The molecule has 5 amide bonds. The predicted molar refractivity (Wildman–Crippen MR) is 219 cm³/mol. The van der Waals surface area contributed by atoms with Gasteiger partial charge in [-0.2, -0.15) is 5.26 Å². The van der Waals surface area contributed by atoms with E-state index in [4.69, 9.17) is 11.6 Å². The zero-order valence-electron chi connectivity index (χ0n) is 32.8. The van der Waals surface area contributed by atoms with Crippen LogP contribution in [-0.2, 0) is 9.59 Å². The molecular formula is C44H46ClFN8O5. The van der Waals surface area contributed by atoms with Crippen LogP contribution < -0.4 is 20.0 Å². The zero-order chi connectivity index (χ0) is 41.0. The Morgan fingerprint density at radius 2 is 1.44 bits per heavy atom. The maximum absolute atomic E-state index is 15.7. The van der Waals surface area contributed by atoms with Gasteiger partial charge in [-0.05, 0) is 98.5 Å². The van der Waals surface area contributed by atoms with Crippen molar-refractivity contribution in [3.63, 3.8) is 0 Å². The fourth-order valence-electron chi connectivity index (χ4n) is 10.1. The van der Waals surface area contributed by atoms with Gasteiger partial charge in [0.05, 0.1) is 27.4 Å². The van der Waals surface area contributed by atoms with Crippen LogP contribution in [0.25, 0.3) is 0 Å². The molecule has 0 aromatic heterocycles. The maximum atomic E-state index is 15.7. The summed E-state index contributed by atoms with van der Waals surface area (Å²) in [6, 6.07) is 17.2. The first kappa shape index (κ1) is 39.0. The summed E-state index contributed by atoms with van der Waals surface area (Å²) < 4.78 is 15.7. The number of fused-ring (bicyclic) bond motifs is 1. The molecule has 1 unspecified atom stereocenters. The van der Waals surface area contributed by atoms with Gasteiger partial charge in [0.2, 0.25) is 11.8 Å². The fourth-order valence-corrected chi connectivity index (χ4v) is 10.3. The summed E-state index contributed by atoms with van der Waals surface area (Å²) in [7, 11) is 0. The standard InChI is InChI=1S/C44H46ClFN8O5/c45-35-25-32(3-1-29(35)26-47)53-18-13-44(27-53)11-16-51(17-12-44)37-6-2-28(23-36(37)46)41(57)52-21-19-50(20-22-52)30-9-14-49(15-10-30)31-4-5-33-34(24-31)43(59)54(42(33)58)38-7-8-39(55)48-40(38)56/h1-6,23-25,30,38H,7-22,27H2,(H,48,55,56). The van der Waals surface area contributed by atoms with E-state index in [1.165, 1.54) is 6.07 Å². The van der Waals surface area contributed by atoms with Crippen LogP contribution in [0.15, 0.2) is 54.6 Å². The highest BCUT2D eigenvalue weighted by Gasteiger charge is 2.45. The minimum Gasteiger partial charge on any atom is -0.371 e. The van der Waals surface area contributed by atoms with Gasteiger partial charge < -0.3 is 19.6 Å². The first-order valence-electron chi connectivity index (χ1n) is 20.6. The molecule has 1 atom stereocenters. The summed E-state index contributed by atoms with van der Waals surface area (Å²) in [5.41, 5.74) is 3.95. The lowest BCUT2D eigenvalue weighted by molar-refractivity contribution is -0.136. The molecule has 0 bridgehead atoms. The third kappa shape index (κ3) is 7.29. The van der Waals surface area contributed by atoms with Gasteiger partial charge in [-0.15, -0.1) is 0 Å². The minimum atomic E-state index is -0.995. The molecule has 6 aliphatic heterocycles. The molecule has 15 heteroatoms. The number of hydrogen-bond acceptors (Lipinski definition) is 10. The number of halogens is 2. The molecule has 5 fully saturated rings. The number of imide groups is 2. The number of nitriles is 1. The van der Waals surface area contributed by atoms with Crippen molar-refractivity contribution in [2.24, 2.45) is 5.41 Å². The van der Waals surface area contributed by atoms with E-state index in [2.05, 4.69) is 31.0 Å². The molecule has 6 heterocycles. The largest absolute Gasteiger partial charge is 0.371 e. The Labute approximate surface area is 347 Å². The number of amides is 5. The summed E-state index contributed by atoms with van der Waals surface area (Å²) in [5.74, 6) is -2.58. The van der Waals surface area contributed by atoms with E-state index >= 15 is 4.39 Å². The monoisotopic (exact) mass is 820 g/mol. The predicted octanol–water partition coefficient (Wildman–Crippen LogP) is 4.68. The molecule has 9 rings (SSSR count). The van der Waals surface area contributed by atoms with Gasteiger partial charge in [0, 0.05) is 94.8 Å². The Kier molecular flexibility index (Phi) is 10.3. The van der Waals surface area contributed by atoms with Gasteiger partial charge in [-0.1, -0.05) is 11.6 Å². The zero-order valence-corrected chi connectivity index (χ0v) is 33.6. The highest BCUT2D eigenvalue weighted by Crippen LogP contribution is 2.43. The highest BCUT2D eigenvalue weighted by molar-refractivity contribution is 6.32.